The zero-order valence-electron chi connectivity index (χ0n) is 7.03. The van der Waals surface area contributed by atoms with Crippen molar-refractivity contribution >= 4 is 0 Å². The molecular formula is C8H17NO2. The summed E-state index contributed by atoms with van der Waals surface area (Å²) in [7, 11) is 2.00. The van der Waals surface area contributed by atoms with Crippen LogP contribution in [0.25, 0.3) is 0 Å². The highest BCUT2D eigenvalue weighted by molar-refractivity contribution is 4.80. The van der Waals surface area contributed by atoms with Crippen molar-refractivity contribution in [1.82, 2.24) is 4.90 Å². The first kappa shape index (κ1) is 8.97. The first-order valence-corrected chi connectivity index (χ1v) is 4.20. The lowest BCUT2D eigenvalue weighted by molar-refractivity contribution is 0.0265. The van der Waals surface area contributed by atoms with Gasteiger partial charge in [-0.1, -0.05) is 0 Å². The van der Waals surface area contributed by atoms with Crippen LogP contribution in [0.1, 0.15) is 12.8 Å². The van der Waals surface area contributed by atoms with Gasteiger partial charge in [-0.3, -0.25) is 0 Å². The highest BCUT2D eigenvalue weighted by atomic mass is 16.3. The van der Waals surface area contributed by atoms with E-state index in [1.807, 2.05) is 7.05 Å². The van der Waals surface area contributed by atoms with Crippen LogP contribution in [0, 0.1) is 5.92 Å². The normalized spacial score (nSPS) is 30.5. The third-order valence-electron chi connectivity index (χ3n) is 2.26. The van der Waals surface area contributed by atoms with E-state index in [0.717, 1.165) is 25.9 Å². The molecule has 0 spiro atoms. The molecule has 1 fully saturated rings. The van der Waals surface area contributed by atoms with Crippen molar-refractivity contribution in [1.29, 1.82) is 0 Å². The Hall–Kier alpha value is -0.120. The predicted molar refractivity (Wildman–Crippen MR) is 43.3 cm³/mol. The second-order valence-corrected chi connectivity index (χ2v) is 3.48. The monoisotopic (exact) mass is 159 g/mol. The molecule has 1 aliphatic carbocycles. The van der Waals surface area contributed by atoms with E-state index in [-0.39, 0.29) is 12.7 Å². The number of hydrogen-bond donors (Lipinski definition) is 2. The van der Waals surface area contributed by atoms with Crippen LogP contribution in [-0.2, 0) is 0 Å². The SMILES string of the molecule is CN(CCO)CC1CC(O)C1. The highest BCUT2D eigenvalue weighted by Crippen LogP contribution is 2.27. The van der Waals surface area contributed by atoms with Gasteiger partial charge in [0.05, 0.1) is 12.7 Å². The average molecular weight is 159 g/mol. The summed E-state index contributed by atoms with van der Waals surface area (Å²) in [6.07, 6.45) is 1.83. The average Bonchev–Trinajstić information content (AvgIpc) is 1.85. The summed E-state index contributed by atoms with van der Waals surface area (Å²) < 4.78 is 0. The minimum atomic E-state index is -0.0532. The molecule has 0 aromatic rings. The van der Waals surface area contributed by atoms with E-state index in [1.54, 1.807) is 0 Å². The smallest absolute Gasteiger partial charge is 0.0558 e. The molecule has 0 atom stereocenters. The molecule has 0 unspecified atom stereocenters. The fraction of sp³-hybridized carbons (Fsp3) is 1.00. The zero-order chi connectivity index (χ0) is 8.27. The van der Waals surface area contributed by atoms with E-state index in [0.29, 0.717) is 5.92 Å². The molecule has 66 valence electrons. The third kappa shape index (κ3) is 2.77. The van der Waals surface area contributed by atoms with Gasteiger partial charge >= 0.3 is 0 Å². The summed E-state index contributed by atoms with van der Waals surface area (Å²) in [4.78, 5) is 2.11. The Morgan fingerprint density at radius 1 is 1.45 bits per heavy atom. The van der Waals surface area contributed by atoms with Crippen LogP contribution in [-0.4, -0.2) is 48.0 Å². The van der Waals surface area contributed by atoms with Gasteiger partial charge in [-0.2, -0.15) is 0 Å². The molecule has 0 bridgehead atoms. The van der Waals surface area contributed by atoms with Crippen LogP contribution in [0.15, 0.2) is 0 Å². The Bertz CT molecular complexity index is 110. The molecule has 0 aromatic heterocycles. The minimum absolute atomic E-state index is 0.0532. The first-order chi connectivity index (χ1) is 5.22. The quantitative estimate of drug-likeness (QED) is 0.591. The minimum Gasteiger partial charge on any atom is -0.395 e. The van der Waals surface area contributed by atoms with Gasteiger partial charge in [0, 0.05) is 13.1 Å². The van der Waals surface area contributed by atoms with E-state index < -0.39 is 0 Å². The van der Waals surface area contributed by atoms with Crippen LogP contribution in [0.4, 0.5) is 0 Å². The maximum absolute atomic E-state index is 8.99. The van der Waals surface area contributed by atoms with Gasteiger partial charge in [0.25, 0.3) is 0 Å². The Morgan fingerprint density at radius 3 is 2.55 bits per heavy atom. The van der Waals surface area contributed by atoms with E-state index in [1.165, 1.54) is 0 Å². The molecule has 1 aliphatic rings. The molecule has 0 amide bonds. The maximum Gasteiger partial charge on any atom is 0.0558 e. The summed E-state index contributed by atoms with van der Waals surface area (Å²) >= 11 is 0. The van der Waals surface area contributed by atoms with Gasteiger partial charge < -0.3 is 15.1 Å². The molecule has 3 nitrogen and oxygen atoms in total. The number of rotatable bonds is 4. The summed E-state index contributed by atoms with van der Waals surface area (Å²) in [6, 6.07) is 0. The molecular weight excluding hydrogens is 142 g/mol. The Labute approximate surface area is 67.6 Å². The van der Waals surface area contributed by atoms with E-state index in [9.17, 15) is 0 Å². The lowest BCUT2D eigenvalue weighted by Crippen LogP contribution is -2.37. The summed E-state index contributed by atoms with van der Waals surface area (Å²) in [6.45, 7) is 1.98. The fourth-order valence-electron chi connectivity index (χ4n) is 1.55. The second-order valence-electron chi connectivity index (χ2n) is 3.48. The maximum atomic E-state index is 8.99. The standard InChI is InChI=1S/C8H17NO2/c1-9(2-3-10)6-7-4-8(11)5-7/h7-8,10-11H,2-6H2,1H3. The van der Waals surface area contributed by atoms with Crippen molar-refractivity contribution < 1.29 is 10.2 Å². The molecule has 3 heteroatoms. The third-order valence-corrected chi connectivity index (χ3v) is 2.26. The number of likely N-dealkylation sites (N-methyl/N-ethyl adjacent to an activating group) is 1. The van der Waals surface area contributed by atoms with Gasteiger partial charge in [0.2, 0.25) is 0 Å². The highest BCUT2D eigenvalue weighted by Gasteiger charge is 2.27. The van der Waals surface area contributed by atoms with Crippen molar-refractivity contribution in [3.05, 3.63) is 0 Å². The summed E-state index contributed by atoms with van der Waals surface area (Å²) in [5.41, 5.74) is 0. The van der Waals surface area contributed by atoms with Crippen molar-refractivity contribution in [3.8, 4) is 0 Å². The van der Waals surface area contributed by atoms with Gasteiger partial charge in [-0.25, -0.2) is 0 Å². The Morgan fingerprint density at radius 2 is 2.09 bits per heavy atom. The Kier molecular flexibility index (Phi) is 3.30. The number of aliphatic hydroxyl groups excluding tert-OH is 2. The van der Waals surface area contributed by atoms with E-state index in [2.05, 4.69) is 4.90 Å². The van der Waals surface area contributed by atoms with Crippen LogP contribution in [0.2, 0.25) is 0 Å². The lowest BCUT2D eigenvalue weighted by Gasteiger charge is -2.34. The van der Waals surface area contributed by atoms with E-state index >= 15 is 0 Å². The van der Waals surface area contributed by atoms with Crippen LogP contribution < -0.4 is 0 Å². The van der Waals surface area contributed by atoms with E-state index in [4.69, 9.17) is 10.2 Å². The fourth-order valence-corrected chi connectivity index (χ4v) is 1.55. The molecule has 11 heavy (non-hydrogen) atoms. The second kappa shape index (κ2) is 4.04. The van der Waals surface area contributed by atoms with Crippen molar-refractivity contribution in [2.24, 2.45) is 5.92 Å². The molecule has 1 saturated carbocycles. The van der Waals surface area contributed by atoms with Crippen molar-refractivity contribution in [2.45, 2.75) is 18.9 Å². The summed E-state index contributed by atoms with van der Waals surface area (Å²) in [5.74, 6) is 0.654. The van der Waals surface area contributed by atoms with Crippen molar-refractivity contribution in [2.75, 3.05) is 26.7 Å². The molecule has 0 saturated heterocycles. The van der Waals surface area contributed by atoms with Crippen LogP contribution in [0.3, 0.4) is 0 Å². The lowest BCUT2D eigenvalue weighted by atomic mass is 9.82. The van der Waals surface area contributed by atoms with Gasteiger partial charge in [0.1, 0.15) is 0 Å². The molecule has 2 N–H and O–H groups in total. The summed E-state index contributed by atoms with van der Waals surface area (Å²) in [5, 5.41) is 17.6. The number of nitrogens with zero attached hydrogens (tertiary/aromatic N) is 1. The van der Waals surface area contributed by atoms with Crippen LogP contribution >= 0.6 is 0 Å². The molecule has 0 aromatic carbocycles. The largest absolute Gasteiger partial charge is 0.395 e. The first-order valence-electron chi connectivity index (χ1n) is 4.20. The molecule has 0 aliphatic heterocycles. The van der Waals surface area contributed by atoms with Gasteiger partial charge in [-0.05, 0) is 25.8 Å². The Balaban J connectivity index is 2.02. The zero-order valence-corrected chi connectivity index (χ0v) is 7.03. The number of aliphatic hydroxyl groups is 2. The number of hydrogen-bond acceptors (Lipinski definition) is 3. The molecule has 0 heterocycles. The van der Waals surface area contributed by atoms with Gasteiger partial charge in [-0.15, -0.1) is 0 Å². The van der Waals surface area contributed by atoms with Crippen molar-refractivity contribution in [3.63, 3.8) is 0 Å². The molecule has 0 radical (unpaired) electrons. The van der Waals surface area contributed by atoms with Gasteiger partial charge in [0.15, 0.2) is 0 Å². The predicted octanol–water partition coefficient (Wildman–Crippen LogP) is -0.319. The van der Waals surface area contributed by atoms with Crippen LogP contribution in [0.5, 0.6) is 0 Å². The topological polar surface area (TPSA) is 43.7 Å². The molecule has 1 rings (SSSR count).